The molecule has 0 saturated carbocycles. The largest absolute Gasteiger partial charge is 0.481 e. The van der Waals surface area contributed by atoms with E-state index in [1.165, 1.54) is 14.2 Å². The fourth-order valence-corrected chi connectivity index (χ4v) is 3.59. The van der Waals surface area contributed by atoms with Gasteiger partial charge in [-0.1, -0.05) is 0 Å². The topological polar surface area (TPSA) is 168 Å². The van der Waals surface area contributed by atoms with Crippen LogP contribution in [0.1, 0.15) is 137 Å². The second-order valence-corrected chi connectivity index (χ2v) is 16.6. The van der Waals surface area contributed by atoms with E-state index in [2.05, 4.69) is 24.2 Å². The maximum Gasteiger partial charge on any atom is 0.312 e. The molecule has 2 N–H and O–H groups in total. The summed E-state index contributed by atoms with van der Waals surface area (Å²) in [5.74, 6) is -4.01. The van der Waals surface area contributed by atoms with Crippen LogP contribution in [-0.4, -0.2) is 95.9 Å². The first kappa shape index (κ1) is 51.4. The highest BCUT2D eigenvalue weighted by Crippen LogP contribution is 2.21. The number of esters is 3. The number of carbonyl (C=O) groups excluding carboxylic acids is 3. The second kappa shape index (κ2) is 22.8. The van der Waals surface area contributed by atoms with Crippen molar-refractivity contribution in [2.75, 3.05) is 14.2 Å². The summed E-state index contributed by atoms with van der Waals surface area (Å²) in [5, 5.41) is 12.1. The molecule has 13 heteroatoms. The zero-order valence-electron chi connectivity index (χ0n) is 34.9. The van der Waals surface area contributed by atoms with Crippen LogP contribution in [0, 0.1) is 11.8 Å². The van der Waals surface area contributed by atoms with Gasteiger partial charge in [-0.25, -0.2) is 4.99 Å². The van der Waals surface area contributed by atoms with E-state index < -0.39 is 64.7 Å². The minimum atomic E-state index is -1.06. The molecular weight excluding hydrogens is 648 g/mol. The maximum atomic E-state index is 12.2. The van der Waals surface area contributed by atoms with Crippen molar-refractivity contribution < 1.29 is 52.7 Å². The summed E-state index contributed by atoms with van der Waals surface area (Å²) in [6, 6.07) is 1.23. The molecule has 0 bridgehead atoms. The highest BCUT2D eigenvalue weighted by atomic mass is 16.6. The smallest absolute Gasteiger partial charge is 0.312 e. The van der Waals surface area contributed by atoms with Crippen LogP contribution in [0.25, 0.3) is 0 Å². The number of carbonyl (C=O) groups is 4. The summed E-state index contributed by atoms with van der Waals surface area (Å²) >= 11 is 0. The number of hydrogen-bond donors (Lipinski definition) is 2. The lowest BCUT2D eigenvalue weighted by Gasteiger charge is -2.27. The van der Waals surface area contributed by atoms with E-state index in [0.29, 0.717) is 12.1 Å². The molecule has 0 aliphatic carbocycles. The average molecular weight is 721 g/mol. The Morgan fingerprint density at radius 1 is 0.580 bits per heavy atom. The third-order valence-corrected chi connectivity index (χ3v) is 5.71. The Kier molecular flexibility index (Phi) is 23.5. The molecule has 13 nitrogen and oxygen atoms in total. The second-order valence-electron chi connectivity index (χ2n) is 16.6. The van der Waals surface area contributed by atoms with Gasteiger partial charge in [0, 0.05) is 26.3 Å². The van der Waals surface area contributed by atoms with Crippen molar-refractivity contribution >= 4 is 29.9 Å². The Balaban J connectivity index is -0.000000675. The third kappa shape index (κ3) is 31.1. The Bertz CT molecular complexity index is 1040. The van der Waals surface area contributed by atoms with E-state index in [4.69, 9.17) is 33.5 Å². The number of nitrogens with zero attached hydrogens (tertiary/aromatic N) is 1. The molecule has 0 aromatic heterocycles. The van der Waals surface area contributed by atoms with Gasteiger partial charge in [-0.3, -0.25) is 19.2 Å². The van der Waals surface area contributed by atoms with Gasteiger partial charge in [-0.05, 0) is 125 Å². The number of methoxy groups -OCH3 is 2. The highest BCUT2D eigenvalue weighted by molar-refractivity contribution is 5.81. The fourth-order valence-electron chi connectivity index (χ4n) is 3.59. The maximum absolute atomic E-state index is 12.2. The Hall–Kier alpha value is -2.93. The molecule has 0 rings (SSSR count). The zero-order chi connectivity index (χ0) is 40.4. The molecule has 0 fully saturated rings. The van der Waals surface area contributed by atoms with Crippen LogP contribution in [-0.2, 0) is 47.6 Å². The normalized spacial score (nSPS) is 14.9. The van der Waals surface area contributed by atoms with Gasteiger partial charge in [0.05, 0.1) is 36.9 Å². The van der Waals surface area contributed by atoms with E-state index in [-0.39, 0.29) is 24.5 Å². The number of rotatable bonds is 12. The molecule has 0 aliphatic rings. The molecule has 4 atom stereocenters. The van der Waals surface area contributed by atoms with Crippen LogP contribution in [0.4, 0.5) is 0 Å². The van der Waals surface area contributed by atoms with Crippen LogP contribution in [0.2, 0.25) is 0 Å². The van der Waals surface area contributed by atoms with Gasteiger partial charge >= 0.3 is 23.9 Å². The molecular formula is C37H72N2O11. The summed E-state index contributed by atoms with van der Waals surface area (Å²) in [5.41, 5.74) is -1.98. The molecule has 0 amide bonds. The number of amidine groups is 1. The minimum Gasteiger partial charge on any atom is -0.481 e. The summed E-state index contributed by atoms with van der Waals surface area (Å²) in [7, 11) is 2.91. The van der Waals surface area contributed by atoms with E-state index in [1.807, 2.05) is 34.6 Å². The summed E-state index contributed by atoms with van der Waals surface area (Å²) in [4.78, 5) is 50.8. The van der Waals surface area contributed by atoms with Crippen LogP contribution in [0.5, 0.6) is 0 Å². The van der Waals surface area contributed by atoms with Crippen LogP contribution in [0.3, 0.4) is 0 Å². The standard InChI is InChI=1S/C15H28O5.C11H24N2O.C11H20O5/c1-10(18-8)11(13(17)20-15(5,6)7)9-12(16)19-14(2,3)4;1-8(2)12-10(13-9(3)4)14-11(5,6)7;1-7(15-5)8(10(13)14)6-9(12)16-11(2,3)4/h10-11H,9H2,1-8H3;8-9H,1-7H3,(H,12,13);7-8H,6H2,1-5H3,(H,13,14)/t10-,11-;;7-,8-/m1.1/s1. The van der Waals surface area contributed by atoms with Gasteiger partial charge in [0.1, 0.15) is 22.4 Å². The predicted octanol–water partition coefficient (Wildman–Crippen LogP) is 6.73. The minimum absolute atomic E-state index is 0.0544. The first-order valence-electron chi connectivity index (χ1n) is 17.2. The lowest BCUT2D eigenvalue weighted by molar-refractivity contribution is -0.171. The SMILES string of the molecule is CC(C)N=C(NC(C)C)OC(C)(C)C.CO[C@H](C)[C@@H](CC(=O)OC(C)(C)C)C(=O)O.CO[C@H](C)[C@@H](CC(=O)OC(C)(C)C)C(=O)OC(C)(C)C. The van der Waals surface area contributed by atoms with E-state index in [9.17, 15) is 19.2 Å². The van der Waals surface area contributed by atoms with Crippen LogP contribution in [0.15, 0.2) is 4.99 Å². The zero-order valence-corrected chi connectivity index (χ0v) is 34.9. The van der Waals surface area contributed by atoms with Gasteiger partial charge in [0.15, 0.2) is 0 Å². The van der Waals surface area contributed by atoms with E-state index in [1.54, 1.807) is 76.2 Å². The van der Waals surface area contributed by atoms with Crippen molar-refractivity contribution in [3.8, 4) is 0 Å². The number of hydrogen-bond acceptors (Lipinski definition) is 11. The van der Waals surface area contributed by atoms with Crippen molar-refractivity contribution in [2.24, 2.45) is 16.8 Å². The van der Waals surface area contributed by atoms with Crippen molar-refractivity contribution in [2.45, 2.75) is 184 Å². The third-order valence-electron chi connectivity index (χ3n) is 5.71. The van der Waals surface area contributed by atoms with E-state index >= 15 is 0 Å². The van der Waals surface area contributed by atoms with Crippen molar-refractivity contribution in [3.05, 3.63) is 0 Å². The van der Waals surface area contributed by atoms with Crippen LogP contribution >= 0.6 is 0 Å². The van der Waals surface area contributed by atoms with Crippen molar-refractivity contribution in [1.82, 2.24) is 5.32 Å². The van der Waals surface area contributed by atoms with Crippen molar-refractivity contribution in [3.63, 3.8) is 0 Å². The molecule has 296 valence electrons. The molecule has 0 aromatic rings. The number of ether oxygens (including phenoxy) is 6. The average Bonchev–Trinajstić information content (AvgIpc) is 2.85. The Morgan fingerprint density at radius 2 is 0.920 bits per heavy atom. The first-order chi connectivity index (χ1) is 22.2. The number of aliphatic carboxylic acids is 1. The van der Waals surface area contributed by atoms with Crippen LogP contribution < -0.4 is 5.32 Å². The van der Waals surface area contributed by atoms with Gasteiger partial charge in [-0.15, -0.1) is 0 Å². The first-order valence-corrected chi connectivity index (χ1v) is 17.2. The fraction of sp³-hybridized carbons (Fsp3) is 0.865. The molecule has 0 heterocycles. The quantitative estimate of drug-likeness (QED) is 0.0946. The molecule has 0 unspecified atom stereocenters. The number of aliphatic imine (C=N–C) groups is 1. The van der Waals surface area contributed by atoms with E-state index in [0.717, 1.165) is 0 Å². The summed E-state index contributed by atoms with van der Waals surface area (Å²) in [6.45, 7) is 33.5. The van der Waals surface area contributed by atoms with Gasteiger partial charge < -0.3 is 38.8 Å². The predicted molar refractivity (Wildman–Crippen MR) is 196 cm³/mol. The molecule has 0 aliphatic heterocycles. The molecule has 0 aromatic carbocycles. The molecule has 0 spiro atoms. The Morgan fingerprint density at radius 3 is 1.20 bits per heavy atom. The monoisotopic (exact) mass is 721 g/mol. The highest BCUT2D eigenvalue weighted by Gasteiger charge is 2.34. The number of carboxylic acids is 1. The van der Waals surface area contributed by atoms with Gasteiger partial charge in [0.25, 0.3) is 6.02 Å². The molecule has 50 heavy (non-hydrogen) atoms. The summed E-state index contributed by atoms with van der Waals surface area (Å²) in [6.07, 6.45) is -1.18. The Labute approximate surface area is 302 Å². The lowest BCUT2D eigenvalue weighted by atomic mass is 9.99. The van der Waals surface area contributed by atoms with Gasteiger partial charge in [-0.2, -0.15) is 0 Å². The lowest BCUT2D eigenvalue weighted by Crippen LogP contribution is -2.38. The molecule has 0 radical (unpaired) electrons. The van der Waals surface area contributed by atoms with Crippen molar-refractivity contribution in [1.29, 1.82) is 0 Å². The molecule has 0 saturated heterocycles. The number of carboxylic acid groups (broad SMARTS) is 1. The summed E-state index contributed by atoms with van der Waals surface area (Å²) < 4.78 is 31.4. The number of nitrogens with one attached hydrogen (secondary N) is 1. The van der Waals surface area contributed by atoms with Gasteiger partial charge in [0.2, 0.25) is 0 Å².